The van der Waals surface area contributed by atoms with Gasteiger partial charge in [-0.25, -0.2) is 4.98 Å². The fraction of sp³-hybridized carbons (Fsp3) is 0.321. The van der Waals surface area contributed by atoms with Crippen LogP contribution in [0.2, 0.25) is 0 Å². The smallest absolute Gasteiger partial charge is 0.262 e. The summed E-state index contributed by atoms with van der Waals surface area (Å²) in [5, 5.41) is 10.6. The zero-order valence-corrected chi connectivity index (χ0v) is 21.4. The zero-order chi connectivity index (χ0) is 24.8. The number of benzene rings is 2. The maximum Gasteiger partial charge on any atom is 0.262 e. The second-order valence-corrected chi connectivity index (χ2v) is 10.5. The number of hydrogen-bond donors (Lipinski definition) is 1. The van der Waals surface area contributed by atoms with Gasteiger partial charge in [0.1, 0.15) is 16.3 Å². The predicted octanol–water partition coefficient (Wildman–Crippen LogP) is 4.92. The van der Waals surface area contributed by atoms with E-state index in [9.17, 15) is 4.79 Å². The van der Waals surface area contributed by atoms with E-state index in [0.29, 0.717) is 12.6 Å². The first-order valence-electron chi connectivity index (χ1n) is 12.2. The van der Waals surface area contributed by atoms with Crippen LogP contribution in [0.25, 0.3) is 21.0 Å². The van der Waals surface area contributed by atoms with Crippen LogP contribution < -0.4 is 15.6 Å². The van der Waals surface area contributed by atoms with Crippen LogP contribution in [0, 0.1) is 13.8 Å². The number of thiophene rings is 1. The highest BCUT2D eigenvalue weighted by Crippen LogP contribution is 2.34. The summed E-state index contributed by atoms with van der Waals surface area (Å²) in [7, 11) is 1.68. The predicted molar refractivity (Wildman–Crippen MR) is 142 cm³/mol. The van der Waals surface area contributed by atoms with E-state index in [-0.39, 0.29) is 5.56 Å². The Morgan fingerprint density at radius 2 is 2.03 bits per heavy atom. The molecule has 1 aliphatic carbocycles. The van der Waals surface area contributed by atoms with Gasteiger partial charge < -0.3 is 14.6 Å². The summed E-state index contributed by atoms with van der Waals surface area (Å²) >= 11 is 1.66. The molecule has 0 bridgehead atoms. The molecule has 0 radical (unpaired) electrons. The molecule has 7 nitrogen and oxygen atoms in total. The van der Waals surface area contributed by atoms with Crippen LogP contribution in [0.4, 0.5) is 0 Å². The van der Waals surface area contributed by atoms with Gasteiger partial charge in [-0.1, -0.05) is 35.5 Å². The van der Waals surface area contributed by atoms with Gasteiger partial charge in [-0.05, 0) is 55.7 Å². The maximum atomic E-state index is 13.6. The summed E-state index contributed by atoms with van der Waals surface area (Å²) in [5.41, 5.74) is 4.36. The molecule has 6 rings (SSSR count). The summed E-state index contributed by atoms with van der Waals surface area (Å²) in [6.45, 7) is 5.14. The van der Waals surface area contributed by atoms with E-state index in [1.54, 1.807) is 29.3 Å². The third-order valence-electron chi connectivity index (χ3n) is 7.32. The van der Waals surface area contributed by atoms with Crippen molar-refractivity contribution >= 4 is 32.3 Å². The number of methoxy groups -OCH3 is 1. The first-order chi connectivity index (χ1) is 17.5. The monoisotopic (exact) mass is 500 g/mol. The average Bonchev–Trinajstić information content (AvgIpc) is 3.43. The van der Waals surface area contributed by atoms with Gasteiger partial charge in [0, 0.05) is 28.4 Å². The van der Waals surface area contributed by atoms with Gasteiger partial charge in [-0.3, -0.25) is 9.36 Å². The van der Waals surface area contributed by atoms with Crippen molar-refractivity contribution in [1.29, 1.82) is 0 Å². The number of hydrogen-bond acceptors (Lipinski definition) is 7. The summed E-state index contributed by atoms with van der Waals surface area (Å²) < 4.78 is 12.6. The molecular weight excluding hydrogens is 472 g/mol. The molecule has 0 aliphatic heterocycles. The Morgan fingerprint density at radius 3 is 2.81 bits per heavy atom. The SMILES string of the molecule is COc1ccc(Cn2cnc3sc4c(c3c2=O)CCC(NCc2c(C)noc2C)C4)c2ccccc12. The average molecular weight is 501 g/mol. The summed E-state index contributed by atoms with van der Waals surface area (Å²) in [6.07, 6.45) is 4.46. The third-order valence-corrected chi connectivity index (χ3v) is 8.48. The highest BCUT2D eigenvalue weighted by molar-refractivity contribution is 7.18. The lowest BCUT2D eigenvalue weighted by Gasteiger charge is -2.23. The van der Waals surface area contributed by atoms with Gasteiger partial charge in [0.05, 0.1) is 31.1 Å². The molecule has 3 heterocycles. The summed E-state index contributed by atoms with van der Waals surface area (Å²) in [6, 6.07) is 12.5. The molecule has 0 saturated heterocycles. The van der Waals surface area contributed by atoms with E-state index in [1.807, 2.05) is 44.2 Å². The number of ether oxygens (including phenoxy) is 1. The minimum absolute atomic E-state index is 0.0412. The Hall–Kier alpha value is -3.49. The van der Waals surface area contributed by atoms with Crippen molar-refractivity contribution in [3.05, 3.63) is 86.1 Å². The van der Waals surface area contributed by atoms with Gasteiger partial charge in [0.25, 0.3) is 5.56 Å². The Labute approximate surface area is 212 Å². The highest BCUT2D eigenvalue weighted by Gasteiger charge is 2.25. The first kappa shape index (κ1) is 22.9. The topological polar surface area (TPSA) is 82.2 Å². The lowest BCUT2D eigenvalue weighted by Crippen LogP contribution is -2.34. The molecule has 36 heavy (non-hydrogen) atoms. The lowest BCUT2D eigenvalue weighted by atomic mass is 9.93. The minimum atomic E-state index is 0.0412. The molecule has 1 N–H and O–H groups in total. The lowest BCUT2D eigenvalue weighted by molar-refractivity contribution is 0.390. The number of fused-ring (bicyclic) bond motifs is 4. The van der Waals surface area contributed by atoms with Crippen molar-refractivity contribution in [2.45, 2.75) is 52.2 Å². The van der Waals surface area contributed by atoms with Crippen molar-refractivity contribution in [3.8, 4) is 5.75 Å². The highest BCUT2D eigenvalue weighted by atomic mass is 32.1. The fourth-order valence-corrected chi connectivity index (χ4v) is 6.58. The van der Waals surface area contributed by atoms with Gasteiger partial charge in [0.2, 0.25) is 0 Å². The van der Waals surface area contributed by atoms with Gasteiger partial charge in [-0.2, -0.15) is 0 Å². The van der Waals surface area contributed by atoms with E-state index >= 15 is 0 Å². The molecule has 5 aromatic rings. The quantitative estimate of drug-likeness (QED) is 0.356. The second kappa shape index (κ2) is 9.19. The van der Waals surface area contributed by atoms with E-state index in [4.69, 9.17) is 14.2 Å². The number of nitrogens with zero attached hydrogens (tertiary/aromatic N) is 3. The van der Waals surface area contributed by atoms with Crippen molar-refractivity contribution in [2.75, 3.05) is 7.11 Å². The molecule has 1 aliphatic rings. The normalized spacial score (nSPS) is 15.5. The Kier molecular flexibility index (Phi) is 5.85. The molecule has 0 spiro atoms. The molecule has 1 unspecified atom stereocenters. The molecule has 3 aromatic heterocycles. The number of aromatic nitrogens is 3. The Bertz CT molecular complexity index is 1630. The van der Waals surface area contributed by atoms with E-state index in [1.165, 1.54) is 10.4 Å². The van der Waals surface area contributed by atoms with Crippen molar-refractivity contribution < 1.29 is 9.26 Å². The molecule has 0 fully saturated rings. The van der Waals surface area contributed by atoms with Crippen LogP contribution in [0.1, 0.15) is 39.4 Å². The van der Waals surface area contributed by atoms with E-state index < -0.39 is 0 Å². The maximum absolute atomic E-state index is 13.6. The van der Waals surface area contributed by atoms with Crippen LogP contribution in [0.5, 0.6) is 5.75 Å². The molecule has 184 valence electrons. The van der Waals surface area contributed by atoms with Gasteiger partial charge in [0.15, 0.2) is 0 Å². The zero-order valence-electron chi connectivity index (χ0n) is 20.6. The number of nitrogens with one attached hydrogen (secondary N) is 1. The fourth-order valence-electron chi connectivity index (χ4n) is 5.32. The Morgan fingerprint density at radius 1 is 1.19 bits per heavy atom. The number of aryl methyl sites for hydroxylation is 3. The molecule has 1 atom stereocenters. The van der Waals surface area contributed by atoms with Crippen LogP contribution in [-0.4, -0.2) is 27.9 Å². The van der Waals surface area contributed by atoms with Crippen molar-refractivity contribution in [3.63, 3.8) is 0 Å². The van der Waals surface area contributed by atoms with E-state index in [2.05, 4.69) is 16.5 Å². The molecule has 8 heteroatoms. The van der Waals surface area contributed by atoms with Crippen LogP contribution in [0.3, 0.4) is 0 Å². The van der Waals surface area contributed by atoms with Crippen molar-refractivity contribution in [1.82, 2.24) is 20.0 Å². The van der Waals surface area contributed by atoms with Gasteiger partial charge >= 0.3 is 0 Å². The van der Waals surface area contributed by atoms with Crippen LogP contribution in [-0.2, 0) is 25.9 Å². The molecule has 0 amide bonds. The van der Waals surface area contributed by atoms with E-state index in [0.717, 1.165) is 75.1 Å². The standard InChI is InChI=1S/C28H28N4O3S/c1-16-23(17(2)35-31-16)13-29-19-9-10-22-25(12-19)36-27-26(22)28(33)32(15-30-27)14-18-8-11-24(34-3)21-7-5-4-6-20(18)21/h4-8,11,15,19,29H,9-10,12-14H2,1-3H3. The van der Waals surface area contributed by atoms with Gasteiger partial charge in [-0.15, -0.1) is 11.3 Å². The summed E-state index contributed by atoms with van der Waals surface area (Å²) in [4.78, 5) is 20.5. The van der Waals surface area contributed by atoms with Crippen LogP contribution >= 0.6 is 11.3 Å². The number of rotatable bonds is 6. The minimum Gasteiger partial charge on any atom is -0.496 e. The molecule has 0 saturated carbocycles. The second-order valence-electron chi connectivity index (χ2n) is 9.46. The molecule has 2 aromatic carbocycles. The Balaban J connectivity index is 1.28. The molecular formula is C28H28N4O3S. The third kappa shape index (κ3) is 3.90. The first-order valence-corrected chi connectivity index (χ1v) is 13.0. The van der Waals surface area contributed by atoms with Crippen LogP contribution in [0.15, 0.2) is 52.0 Å². The summed E-state index contributed by atoms with van der Waals surface area (Å²) in [5.74, 6) is 1.70. The largest absolute Gasteiger partial charge is 0.496 e. The van der Waals surface area contributed by atoms with Crippen molar-refractivity contribution in [2.24, 2.45) is 0 Å².